The number of fused-ring (bicyclic) bond motifs is 1. The molecule has 0 unspecified atom stereocenters. The number of nitrogens with zero attached hydrogens (tertiary/aromatic N) is 3. The van der Waals surface area contributed by atoms with Gasteiger partial charge in [0.2, 0.25) is 0 Å². The van der Waals surface area contributed by atoms with E-state index in [1.165, 1.54) is 22.2 Å². The van der Waals surface area contributed by atoms with Gasteiger partial charge in [-0.15, -0.1) is 0 Å². The van der Waals surface area contributed by atoms with E-state index in [0.717, 1.165) is 51.1 Å². The number of anilines is 1. The molecule has 1 aromatic carbocycles. The number of aliphatic hydroxyl groups excluding tert-OH is 2. The van der Waals surface area contributed by atoms with Crippen LogP contribution in [-0.2, 0) is 0 Å². The highest BCUT2D eigenvalue weighted by atomic mass is 16.3. The number of aliphatic hydroxyl groups is 2. The van der Waals surface area contributed by atoms with Crippen LogP contribution in [0, 0.1) is 31.6 Å². The van der Waals surface area contributed by atoms with E-state index in [9.17, 15) is 10.2 Å². The minimum Gasteiger partial charge on any atom is -0.396 e. The first-order valence-electron chi connectivity index (χ1n) is 10.6. The first-order chi connectivity index (χ1) is 13.6. The fraction of sp³-hybridized carbons (Fsp3) is 0.609. The molecule has 2 N–H and O–H groups in total. The summed E-state index contributed by atoms with van der Waals surface area (Å²) in [4.78, 5) is 9.60. The van der Waals surface area contributed by atoms with Crippen LogP contribution in [0.15, 0.2) is 24.4 Å². The quantitative estimate of drug-likeness (QED) is 0.831. The fourth-order valence-electron chi connectivity index (χ4n) is 5.11. The summed E-state index contributed by atoms with van der Waals surface area (Å²) in [7, 11) is 0. The second kappa shape index (κ2) is 8.36. The van der Waals surface area contributed by atoms with Gasteiger partial charge in [-0.3, -0.25) is 4.98 Å². The zero-order valence-corrected chi connectivity index (χ0v) is 17.1. The van der Waals surface area contributed by atoms with Gasteiger partial charge in [0, 0.05) is 56.0 Å². The molecule has 0 spiro atoms. The third kappa shape index (κ3) is 3.88. The zero-order valence-electron chi connectivity index (χ0n) is 17.1. The second-order valence-electron chi connectivity index (χ2n) is 8.84. The third-order valence-electron chi connectivity index (χ3n) is 6.77. The van der Waals surface area contributed by atoms with Gasteiger partial charge in [-0.25, -0.2) is 0 Å². The van der Waals surface area contributed by atoms with Gasteiger partial charge in [0.25, 0.3) is 0 Å². The Balaban J connectivity index is 1.52. The van der Waals surface area contributed by atoms with Crippen molar-refractivity contribution < 1.29 is 10.2 Å². The number of hydrogen-bond donors (Lipinski definition) is 2. The monoisotopic (exact) mass is 383 g/mol. The molecule has 152 valence electrons. The molecule has 0 radical (unpaired) electrons. The van der Waals surface area contributed by atoms with Gasteiger partial charge in [0.15, 0.2) is 0 Å². The maximum atomic E-state index is 10.0. The standard InChI is InChI=1S/C23H33N3O2/c1-16-9-17(2)23-21(10-16)22(3-6-24-23)26-12-19(20(13-26)15-28)11-25-7-4-18(14-27)5-8-25/h3,6,9-10,18-20,27-28H,4-5,7-8,11-15H2,1-2H3/t19-,20-/m1/s1. The minimum absolute atomic E-state index is 0.245. The molecule has 2 aliphatic heterocycles. The topological polar surface area (TPSA) is 59.8 Å². The van der Waals surface area contributed by atoms with Crippen molar-refractivity contribution in [3.8, 4) is 0 Å². The maximum Gasteiger partial charge on any atom is 0.0752 e. The Kier molecular flexibility index (Phi) is 5.85. The maximum absolute atomic E-state index is 10.0. The number of benzene rings is 1. The highest BCUT2D eigenvalue weighted by Gasteiger charge is 2.35. The lowest BCUT2D eigenvalue weighted by molar-refractivity contribution is 0.106. The van der Waals surface area contributed by atoms with Crippen LogP contribution in [0.3, 0.4) is 0 Å². The van der Waals surface area contributed by atoms with Gasteiger partial charge < -0.3 is 20.0 Å². The predicted octanol–water partition coefficient (Wildman–Crippen LogP) is 2.60. The average Bonchev–Trinajstić information content (AvgIpc) is 3.10. The Morgan fingerprint density at radius 3 is 2.50 bits per heavy atom. The molecule has 28 heavy (non-hydrogen) atoms. The third-order valence-corrected chi connectivity index (χ3v) is 6.77. The smallest absolute Gasteiger partial charge is 0.0752 e. The molecule has 0 aliphatic carbocycles. The van der Waals surface area contributed by atoms with E-state index in [4.69, 9.17) is 0 Å². The van der Waals surface area contributed by atoms with Crippen LogP contribution in [-0.4, -0.2) is 66.0 Å². The van der Waals surface area contributed by atoms with E-state index in [1.54, 1.807) is 0 Å². The Bertz CT molecular complexity index is 817. The summed E-state index contributed by atoms with van der Waals surface area (Å²) in [5.41, 5.74) is 4.81. The molecule has 5 heteroatoms. The summed E-state index contributed by atoms with van der Waals surface area (Å²) in [5.74, 6) is 1.26. The van der Waals surface area contributed by atoms with E-state index in [-0.39, 0.29) is 6.61 Å². The van der Waals surface area contributed by atoms with Crippen molar-refractivity contribution in [2.75, 3.05) is 50.8 Å². The van der Waals surface area contributed by atoms with Crippen LogP contribution in [0.5, 0.6) is 0 Å². The molecular formula is C23H33N3O2. The lowest BCUT2D eigenvalue weighted by Gasteiger charge is -2.33. The van der Waals surface area contributed by atoms with Crippen LogP contribution < -0.4 is 4.90 Å². The number of aromatic nitrogens is 1. The van der Waals surface area contributed by atoms with Gasteiger partial charge in [0.1, 0.15) is 0 Å². The highest BCUT2D eigenvalue weighted by molar-refractivity contribution is 5.94. The zero-order chi connectivity index (χ0) is 19.7. The summed E-state index contributed by atoms with van der Waals surface area (Å²) in [6, 6.07) is 6.56. The van der Waals surface area contributed by atoms with E-state index in [2.05, 4.69) is 46.8 Å². The largest absolute Gasteiger partial charge is 0.396 e. The van der Waals surface area contributed by atoms with Crippen LogP contribution in [0.1, 0.15) is 24.0 Å². The fourth-order valence-corrected chi connectivity index (χ4v) is 5.11. The Morgan fingerprint density at radius 1 is 1.04 bits per heavy atom. The normalized spacial score (nSPS) is 24.4. The molecule has 1 aromatic heterocycles. The van der Waals surface area contributed by atoms with Crippen molar-refractivity contribution in [3.63, 3.8) is 0 Å². The molecule has 0 amide bonds. The van der Waals surface area contributed by atoms with Crippen LogP contribution in [0.4, 0.5) is 5.69 Å². The van der Waals surface area contributed by atoms with E-state index >= 15 is 0 Å². The lowest BCUT2D eigenvalue weighted by atomic mass is 9.93. The van der Waals surface area contributed by atoms with Crippen molar-refractivity contribution in [2.45, 2.75) is 26.7 Å². The molecule has 2 atom stereocenters. The summed E-state index contributed by atoms with van der Waals surface area (Å²) >= 11 is 0. The van der Waals surface area contributed by atoms with E-state index < -0.39 is 0 Å². The van der Waals surface area contributed by atoms with Crippen molar-refractivity contribution >= 4 is 16.6 Å². The highest BCUT2D eigenvalue weighted by Crippen LogP contribution is 2.34. The van der Waals surface area contributed by atoms with Crippen LogP contribution in [0.25, 0.3) is 10.9 Å². The number of hydrogen-bond acceptors (Lipinski definition) is 5. The Hall–Kier alpha value is -1.69. The average molecular weight is 384 g/mol. The second-order valence-corrected chi connectivity index (χ2v) is 8.84. The number of piperidine rings is 1. The molecule has 5 nitrogen and oxygen atoms in total. The Morgan fingerprint density at radius 2 is 1.79 bits per heavy atom. The molecule has 2 aliphatic rings. The summed E-state index contributed by atoms with van der Waals surface area (Å²) in [5, 5.41) is 20.6. The molecule has 0 saturated carbocycles. The number of aryl methyl sites for hydroxylation is 2. The predicted molar refractivity (Wildman–Crippen MR) is 114 cm³/mol. The van der Waals surface area contributed by atoms with Gasteiger partial charge in [-0.05, 0) is 69.3 Å². The van der Waals surface area contributed by atoms with Crippen molar-refractivity contribution in [3.05, 3.63) is 35.5 Å². The van der Waals surface area contributed by atoms with Crippen molar-refractivity contribution in [1.29, 1.82) is 0 Å². The summed E-state index contributed by atoms with van der Waals surface area (Å²) in [6.45, 7) is 9.90. The first kappa shape index (κ1) is 19.6. The van der Waals surface area contributed by atoms with E-state index in [1.807, 2.05) is 6.20 Å². The molecule has 4 rings (SSSR count). The molecule has 2 aromatic rings. The van der Waals surface area contributed by atoms with Crippen molar-refractivity contribution in [1.82, 2.24) is 9.88 Å². The molecule has 2 saturated heterocycles. The number of pyridine rings is 1. The Labute approximate surface area is 168 Å². The lowest BCUT2D eigenvalue weighted by Crippen LogP contribution is -2.40. The van der Waals surface area contributed by atoms with Gasteiger partial charge in [0.05, 0.1) is 5.52 Å². The van der Waals surface area contributed by atoms with Gasteiger partial charge in [-0.2, -0.15) is 0 Å². The van der Waals surface area contributed by atoms with Gasteiger partial charge >= 0.3 is 0 Å². The van der Waals surface area contributed by atoms with Crippen LogP contribution >= 0.6 is 0 Å². The minimum atomic E-state index is 0.245. The first-order valence-corrected chi connectivity index (χ1v) is 10.6. The van der Waals surface area contributed by atoms with E-state index in [0.29, 0.717) is 24.4 Å². The number of rotatable bonds is 5. The molecular weight excluding hydrogens is 350 g/mol. The molecule has 0 bridgehead atoms. The molecule has 2 fully saturated rings. The van der Waals surface area contributed by atoms with Gasteiger partial charge in [-0.1, -0.05) is 11.6 Å². The molecule has 3 heterocycles. The number of likely N-dealkylation sites (tertiary alicyclic amines) is 1. The summed E-state index contributed by atoms with van der Waals surface area (Å²) in [6.07, 6.45) is 4.09. The SMILES string of the molecule is Cc1cc(C)c2nccc(N3C[C@@H](CN4CCC(CO)CC4)[C@@H](CO)C3)c2c1. The van der Waals surface area contributed by atoms with Crippen LogP contribution in [0.2, 0.25) is 0 Å². The van der Waals surface area contributed by atoms with Crippen molar-refractivity contribution in [2.24, 2.45) is 17.8 Å². The summed E-state index contributed by atoms with van der Waals surface area (Å²) < 4.78 is 0.